The molecule has 4 rings (SSSR count). The highest BCUT2D eigenvalue weighted by Gasteiger charge is 2.19. The molecule has 28 heavy (non-hydrogen) atoms. The summed E-state index contributed by atoms with van der Waals surface area (Å²) in [4.78, 5) is 27.2. The van der Waals surface area contributed by atoms with Gasteiger partial charge in [0.1, 0.15) is 0 Å². The van der Waals surface area contributed by atoms with Gasteiger partial charge < -0.3 is 10.2 Å². The van der Waals surface area contributed by atoms with Gasteiger partial charge in [0.15, 0.2) is 0 Å². The van der Waals surface area contributed by atoms with Crippen molar-refractivity contribution in [2.45, 2.75) is 12.8 Å². The zero-order chi connectivity index (χ0) is 19.3. The second kappa shape index (κ2) is 8.09. The molecule has 2 amide bonds. The molecule has 0 aromatic heterocycles. The first-order chi connectivity index (χ1) is 13.7. The fourth-order valence-electron chi connectivity index (χ4n) is 3.55. The van der Waals surface area contributed by atoms with E-state index in [1.54, 1.807) is 24.3 Å². The second-order valence-electron chi connectivity index (χ2n) is 6.94. The third-order valence-electron chi connectivity index (χ3n) is 5.04. The number of carbonyl (C=O) groups excluding carboxylic acids is 2. The molecule has 0 bridgehead atoms. The number of hydrogen-bond donors (Lipinski definition) is 1. The molecule has 0 atom stereocenters. The van der Waals surface area contributed by atoms with Crippen molar-refractivity contribution in [2.75, 3.05) is 18.4 Å². The summed E-state index contributed by atoms with van der Waals surface area (Å²) < 4.78 is 0. The van der Waals surface area contributed by atoms with E-state index in [1.165, 1.54) is 0 Å². The first-order valence-electron chi connectivity index (χ1n) is 9.57. The van der Waals surface area contributed by atoms with Crippen LogP contribution in [-0.4, -0.2) is 29.8 Å². The van der Waals surface area contributed by atoms with E-state index in [1.807, 2.05) is 59.5 Å². The number of anilines is 1. The molecular weight excluding hydrogens is 348 g/mol. The summed E-state index contributed by atoms with van der Waals surface area (Å²) in [5.74, 6) is -0.108. The molecule has 1 fully saturated rings. The average molecular weight is 370 g/mol. The summed E-state index contributed by atoms with van der Waals surface area (Å²) >= 11 is 0. The van der Waals surface area contributed by atoms with E-state index in [2.05, 4.69) is 5.32 Å². The van der Waals surface area contributed by atoms with E-state index in [4.69, 9.17) is 0 Å². The maximum atomic E-state index is 12.8. The number of carbonyl (C=O) groups is 2. The number of nitrogens with one attached hydrogen (secondary N) is 1. The normalized spacial score (nSPS) is 13.4. The van der Waals surface area contributed by atoms with Gasteiger partial charge in [0, 0.05) is 29.9 Å². The lowest BCUT2D eigenvalue weighted by Gasteiger charge is -2.15. The zero-order valence-corrected chi connectivity index (χ0v) is 15.6. The number of nitrogens with zero attached hydrogens (tertiary/aromatic N) is 1. The van der Waals surface area contributed by atoms with Crippen molar-refractivity contribution in [3.05, 3.63) is 90.0 Å². The minimum atomic E-state index is -0.168. The van der Waals surface area contributed by atoms with Crippen LogP contribution in [0.4, 0.5) is 5.69 Å². The third-order valence-corrected chi connectivity index (χ3v) is 5.04. The maximum Gasteiger partial charge on any atom is 0.256 e. The highest BCUT2D eigenvalue weighted by Crippen LogP contribution is 2.24. The van der Waals surface area contributed by atoms with Gasteiger partial charge in [-0.05, 0) is 54.3 Å². The van der Waals surface area contributed by atoms with Crippen molar-refractivity contribution in [3.8, 4) is 11.1 Å². The Hall–Kier alpha value is -3.40. The minimum absolute atomic E-state index is 0.0600. The van der Waals surface area contributed by atoms with Crippen molar-refractivity contribution in [3.63, 3.8) is 0 Å². The molecule has 1 saturated heterocycles. The largest absolute Gasteiger partial charge is 0.339 e. The van der Waals surface area contributed by atoms with Gasteiger partial charge in [0.05, 0.1) is 0 Å². The molecule has 0 saturated carbocycles. The van der Waals surface area contributed by atoms with Gasteiger partial charge in [0.25, 0.3) is 11.8 Å². The average Bonchev–Trinajstić information content (AvgIpc) is 3.29. The van der Waals surface area contributed by atoms with Crippen LogP contribution in [0.1, 0.15) is 33.6 Å². The van der Waals surface area contributed by atoms with Crippen LogP contribution >= 0.6 is 0 Å². The minimum Gasteiger partial charge on any atom is -0.339 e. The van der Waals surface area contributed by atoms with Gasteiger partial charge in [-0.2, -0.15) is 0 Å². The Bertz CT molecular complexity index is 975. The van der Waals surface area contributed by atoms with Crippen LogP contribution in [0.5, 0.6) is 0 Å². The fraction of sp³-hybridized carbons (Fsp3) is 0.167. The summed E-state index contributed by atoms with van der Waals surface area (Å²) in [6.07, 6.45) is 2.14. The molecule has 1 N–H and O–H groups in total. The van der Waals surface area contributed by atoms with Crippen LogP contribution in [0.15, 0.2) is 78.9 Å². The molecular formula is C24H22N2O2. The summed E-state index contributed by atoms with van der Waals surface area (Å²) in [6.45, 7) is 1.65. The summed E-state index contributed by atoms with van der Waals surface area (Å²) in [7, 11) is 0. The molecule has 0 aliphatic carbocycles. The van der Waals surface area contributed by atoms with Gasteiger partial charge in [-0.15, -0.1) is 0 Å². The Labute approximate surface area is 164 Å². The number of rotatable bonds is 4. The van der Waals surface area contributed by atoms with Crippen LogP contribution in [-0.2, 0) is 0 Å². The van der Waals surface area contributed by atoms with Crippen molar-refractivity contribution in [1.82, 2.24) is 4.90 Å². The Balaban J connectivity index is 1.51. The van der Waals surface area contributed by atoms with Crippen LogP contribution in [0.25, 0.3) is 11.1 Å². The lowest BCUT2D eigenvalue weighted by atomic mass is 9.99. The van der Waals surface area contributed by atoms with Crippen molar-refractivity contribution in [2.24, 2.45) is 0 Å². The SMILES string of the molecule is O=C(Nc1ccc(C(=O)N2CCCC2)cc1)c1ccccc1-c1ccccc1. The van der Waals surface area contributed by atoms with E-state index in [0.29, 0.717) is 16.8 Å². The van der Waals surface area contributed by atoms with E-state index in [-0.39, 0.29) is 11.8 Å². The molecule has 140 valence electrons. The van der Waals surface area contributed by atoms with Crippen LogP contribution < -0.4 is 5.32 Å². The zero-order valence-electron chi connectivity index (χ0n) is 15.6. The quantitative estimate of drug-likeness (QED) is 0.714. The lowest BCUT2D eigenvalue weighted by molar-refractivity contribution is 0.0792. The van der Waals surface area contributed by atoms with Crippen molar-refractivity contribution >= 4 is 17.5 Å². The van der Waals surface area contributed by atoms with Gasteiger partial charge in [0.2, 0.25) is 0 Å². The molecule has 0 radical (unpaired) electrons. The molecule has 3 aromatic carbocycles. The van der Waals surface area contributed by atoms with Crippen molar-refractivity contribution < 1.29 is 9.59 Å². The predicted octanol–water partition coefficient (Wildman–Crippen LogP) is 4.84. The molecule has 0 unspecified atom stereocenters. The Morgan fingerprint density at radius 3 is 2.11 bits per heavy atom. The van der Waals surface area contributed by atoms with Gasteiger partial charge in [-0.1, -0.05) is 48.5 Å². The van der Waals surface area contributed by atoms with E-state index in [0.717, 1.165) is 37.1 Å². The second-order valence-corrected chi connectivity index (χ2v) is 6.94. The standard InChI is InChI=1S/C24H22N2O2/c27-23(22-11-5-4-10-21(22)18-8-2-1-3-9-18)25-20-14-12-19(13-15-20)24(28)26-16-6-7-17-26/h1-5,8-15H,6-7,16-17H2,(H,25,27). The van der Waals surface area contributed by atoms with Gasteiger partial charge in [-0.25, -0.2) is 0 Å². The highest BCUT2D eigenvalue weighted by atomic mass is 16.2. The Morgan fingerprint density at radius 2 is 1.39 bits per heavy atom. The molecule has 4 nitrogen and oxygen atoms in total. The molecule has 1 heterocycles. The first kappa shape index (κ1) is 18.0. The molecule has 1 aliphatic heterocycles. The fourth-order valence-corrected chi connectivity index (χ4v) is 3.55. The van der Waals surface area contributed by atoms with E-state index < -0.39 is 0 Å². The molecule has 0 spiro atoms. The Morgan fingerprint density at radius 1 is 0.750 bits per heavy atom. The lowest BCUT2D eigenvalue weighted by Crippen LogP contribution is -2.27. The summed E-state index contributed by atoms with van der Waals surface area (Å²) in [5, 5.41) is 2.94. The first-order valence-corrected chi connectivity index (χ1v) is 9.57. The smallest absolute Gasteiger partial charge is 0.256 e. The monoisotopic (exact) mass is 370 g/mol. The maximum absolute atomic E-state index is 12.8. The topological polar surface area (TPSA) is 49.4 Å². The highest BCUT2D eigenvalue weighted by molar-refractivity contribution is 6.08. The van der Waals surface area contributed by atoms with Gasteiger partial charge in [-0.3, -0.25) is 9.59 Å². The molecule has 1 aliphatic rings. The predicted molar refractivity (Wildman–Crippen MR) is 111 cm³/mol. The Kier molecular flexibility index (Phi) is 5.20. The molecule has 3 aromatic rings. The van der Waals surface area contributed by atoms with E-state index in [9.17, 15) is 9.59 Å². The van der Waals surface area contributed by atoms with Gasteiger partial charge >= 0.3 is 0 Å². The number of hydrogen-bond acceptors (Lipinski definition) is 2. The molecule has 4 heteroatoms. The number of amides is 2. The van der Waals surface area contributed by atoms with Crippen LogP contribution in [0.2, 0.25) is 0 Å². The third kappa shape index (κ3) is 3.81. The summed E-state index contributed by atoms with van der Waals surface area (Å²) in [5.41, 5.74) is 3.84. The number of benzene rings is 3. The van der Waals surface area contributed by atoms with Crippen LogP contribution in [0, 0.1) is 0 Å². The van der Waals surface area contributed by atoms with Crippen LogP contribution in [0.3, 0.4) is 0 Å². The van der Waals surface area contributed by atoms with Crippen molar-refractivity contribution in [1.29, 1.82) is 0 Å². The number of likely N-dealkylation sites (tertiary alicyclic amines) is 1. The summed E-state index contributed by atoms with van der Waals surface area (Å²) in [6, 6.07) is 24.5. The van der Waals surface area contributed by atoms with E-state index >= 15 is 0 Å².